The molecule has 0 atom stereocenters. The highest BCUT2D eigenvalue weighted by Gasteiger charge is 2.15. The number of hydrogen-bond acceptors (Lipinski definition) is 5. The first kappa shape index (κ1) is 17.9. The van der Waals surface area contributed by atoms with E-state index in [0.29, 0.717) is 16.4 Å². The van der Waals surface area contributed by atoms with Gasteiger partial charge in [0.1, 0.15) is 0 Å². The lowest BCUT2D eigenvalue weighted by Crippen LogP contribution is -2.15. The van der Waals surface area contributed by atoms with Gasteiger partial charge in [0.2, 0.25) is 0 Å². The number of carbonyl (C=O) groups excluding carboxylic acids is 2. The number of nitrogens with zero attached hydrogens (tertiary/aromatic N) is 1. The maximum absolute atomic E-state index is 12.7. The van der Waals surface area contributed by atoms with Crippen LogP contribution in [0.5, 0.6) is 0 Å². The molecule has 2 N–H and O–H groups in total. The number of thiazole rings is 1. The second kappa shape index (κ2) is 7.28. The molecule has 0 spiro atoms. The van der Waals surface area contributed by atoms with E-state index in [0.717, 1.165) is 21.3 Å². The fourth-order valence-corrected chi connectivity index (χ4v) is 3.74. The van der Waals surface area contributed by atoms with Gasteiger partial charge < -0.3 is 9.73 Å². The van der Waals surface area contributed by atoms with Crippen LogP contribution in [-0.4, -0.2) is 16.8 Å². The molecular formula is C21H17N3O3S. The minimum atomic E-state index is -0.368. The summed E-state index contributed by atoms with van der Waals surface area (Å²) in [4.78, 5) is 29.4. The number of hydrogen-bond donors (Lipinski definition) is 2. The molecular weight excluding hydrogens is 374 g/mol. The van der Waals surface area contributed by atoms with Crippen molar-refractivity contribution in [3.63, 3.8) is 0 Å². The lowest BCUT2D eigenvalue weighted by Gasteiger charge is -2.09. The number of nitrogens with one attached hydrogen (secondary N) is 2. The summed E-state index contributed by atoms with van der Waals surface area (Å²) in [5, 5.41) is 6.15. The van der Waals surface area contributed by atoms with Gasteiger partial charge in [0.05, 0.1) is 16.5 Å². The maximum atomic E-state index is 12.7. The van der Waals surface area contributed by atoms with Crippen molar-refractivity contribution in [2.24, 2.45) is 0 Å². The zero-order valence-electron chi connectivity index (χ0n) is 15.3. The first-order valence-electron chi connectivity index (χ1n) is 8.64. The fourth-order valence-electron chi connectivity index (χ4n) is 2.80. The summed E-state index contributed by atoms with van der Waals surface area (Å²) < 4.78 is 6.12. The second-order valence-electron chi connectivity index (χ2n) is 6.36. The average Bonchev–Trinajstić information content (AvgIpc) is 3.33. The molecule has 2 aromatic heterocycles. The van der Waals surface area contributed by atoms with Gasteiger partial charge in [0.15, 0.2) is 10.9 Å². The smallest absolute Gasteiger partial charge is 0.291 e. The number of amides is 2. The highest BCUT2D eigenvalue weighted by molar-refractivity contribution is 7.22. The van der Waals surface area contributed by atoms with E-state index in [9.17, 15) is 9.59 Å². The van der Waals surface area contributed by atoms with Crippen molar-refractivity contribution in [2.75, 3.05) is 10.6 Å². The Morgan fingerprint density at radius 2 is 1.82 bits per heavy atom. The minimum absolute atomic E-state index is 0.208. The zero-order valence-corrected chi connectivity index (χ0v) is 16.1. The summed E-state index contributed by atoms with van der Waals surface area (Å²) in [5.74, 6) is -0.448. The molecule has 0 saturated heterocycles. The van der Waals surface area contributed by atoms with E-state index < -0.39 is 0 Å². The third kappa shape index (κ3) is 3.52. The van der Waals surface area contributed by atoms with Crippen LogP contribution in [0.3, 0.4) is 0 Å². The fraction of sp³-hybridized carbons (Fsp3) is 0.0952. The van der Waals surface area contributed by atoms with Crippen LogP contribution in [0.1, 0.15) is 32.0 Å². The minimum Gasteiger partial charge on any atom is -0.459 e. The molecule has 6 nitrogen and oxygen atoms in total. The molecule has 2 amide bonds. The topological polar surface area (TPSA) is 84.2 Å². The van der Waals surface area contributed by atoms with Gasteiger partial charge >= 0.3 is 0 Å². The third-order valence-electron chi connectivity index (χ3n) is 4.33. The summed E-state index contributed by atoms with van der Waals surface area (Å²) in [5.41, 5.74) is 3.77. The monoisotopic (exact) mass is 391 g/mol. The SMILES string of the molecule is Cc1ccc(C(=O)Nc2nc3c(C)cccc3s2)cc1NC(=O)c1ccco1. The molecule has 0 radical (unpaired) electrons. The highest BCUT2D eigenvalue weighted by atomic mass is 32.1. The van der Waals surface area contributed by atoms with Gasteiger partial charge in [-0.25, -0.2) is 4.98 Å². The van der Waals surface area contributed by atoms with Gasteiger partial charge in [-0.1, -0.05) is 29.5 Å². The molecule has 2 heterocycles. The number of anilines is 2. The number of para-hydroxylation sites is 1. The van der Waals surface area contributed by atoms with Crippen molar-refractivity contribution in [3.05, 3.63) is 77.2 Å². The standard InChI is InChI=1S/C21H17N3O3S/c1-12-8-9-14(11-15(12)22-20(26)16-6-4-10-27-16)19(25)24-21-23-18-13(2)5-3-7-17(18)28-21/h3-11H,1-2H3,(H,22,26)(H,23,24,25). The van der Waals surface area contributed by atoms with Gasteiger partial charge in [0, 0.05) is 11.3 Å². The molecule has 28 heavy (non-hydrogen) atoms. The second-order valence-corrected chi connectivity index (χ2v) is 7.39. The van der Waals surface area contributed by atoms with Crippen molar-refractivity contribution < 1.29 is 14.0 Å². The van der Waals surface area contributed by atoms with Crippen molar-refractivity contribution in [1.82, 2.24) is 4.98 Å². The molecule has 0 fully saturated rings. The summed E-state index contributed by atoms with van der Waals surface area (Å²) in [6.45, 7) is 3.84. The molecule has 140 valence electrons. The van der Waals surface area contributed by atoms with Crippen LogP contribution < -0.4 is 10.6 Å². The number of rotatable bonds is 4. The Kier molecular flexibility index (Phi) is 4.67. The molecule has 0 bridgehead atoms. The van der Waals surface area contributed by atoms with Crippen LogP contribution in [0.2, 0.25) is 0 Å². The molecule has 0 aliphatic rings. The van der Waals surface area contributed by atoms with Crippen molar-refractivity contribution >= 4 is 44.2 Å². The Labute approximate surface area is 165 Å². The Morgan fingerprint density at radius 1 is 0.964 bits per heavy atom. The Balaban J connectivity index is 1.55. The van der Waals surface area contributed by atoms with Gasteiger partial charge in [-0.2, -0.15) is 0 Å². The summed E-state index contributed by atoms with van der Waals surface area (Å²) in [6, 6.07) is 14.3. The Hall–Kier alpha value is -3.45. The van der Waals surface area contributed by atoms with Crippen LogP contribution in [-0.2, 0) is 0 Å². The molecule has 4 rings (SSSR count). The van der Waals surface area contributed by atoms with E-state index in [4.69, 9.17) is 4.42 Å². The predicted molar refractivity (Wildman–Crippen MR) is 110 cm³/mol. The Bertz CT molecular complexity index is 1180. The molecule has 2 aromatic carbocycles. The number of furan rings is 1. The molecule has 0 unspecified atom stereocenters. The number of benzene rings is 2. The van der Waals surface area contributed by atoms with Gasteiger partial charge in [-0.3, -0.25) is 14.9 Å². The van der Waals surface area contributed by atoms with E-state index in [-0.39, 0.29) is 17.6 Å². The normalized spacial score (nSPS) is 10.8. The van der Waals surface area contributed by atoms with Crippen LogP contribution in [0.25, 0.3) is 10.2 Å². The third-order valence-corrected chi connectivity index (χ3v) is 5.27. The van der Waals surface area contributed by atoms with E-state index in [1.165, 1.54) is 17.6 Å². The molecule has 0 saturated carbocycles. The summed E-state index contributed by atoms with van der Waals surface area (Å²) in [6.07, 6.45) is 1.44. The van der Waals surface area contributed by atoms with Crippen molar-refractivity contribution in [1.29, 1.82) is 0 Å². The van der Waals surface area contributed by atoms with E-state index in [1.54, 1.807) is 30.3 Å². The lowest BCUT2D eigenvalue weighted by molar-refractivity contribution is 0.0993. The van der Waals surface area contributed by atoms with E-state index >= 15 is 0 Å². The van der Waals surface area contributed by atoms with E-state index in [1.807, 2.05) is 32.0 Å². The largest absolute Gasteiger partial charge is 0.459 e. The molecule has 7 heteroatoms. The quantitative estimate of drug-likeness (QED) is 0.512. The van der Waals surface area contributed by atoms with Gasteiger partial charge in [-0.15, -0.1) is 0 Å². The first-order chi connectivity index (χ1) is 13.5. The van der Waals surface area contributed by atoms with Crippen LogP contribution in [0.4, 0.5) is 10.8 Å². The number of carbonyl (C=O) groups is 2. The maximum Gasteiger partial charge on any atom is 0.291 e. The van der Waals surface area contributed by atoms with E-state index in [2.05, 4.69) is 15.6 Å². The molecule has 0 aliphatic carbocycles. The van der Waals surface area contributed by atoms with Crippen LogP contribution in [0.15, 0.2) is 59.2 Å². The zero-order chi connectivity index (χ0) is 19.7. The number of aryl methyl sites for hydroxylation is 2. The average molecular weight is 391 g/mol. The van der Waals surface area contributed by atoms with Crippen LogP contribution in [0, 0.1) is 13.8 Å². The summed E-state index contributed by atoms with van der Waals surface area (Å²) in [7, 11) is 0. The van der Waals surface area contributed by atoms with Crippen LogP contribution >= 0.6 is 11.3 Å². The first-order valence-corrected chi connectivity index (χ1v) is 9.46. The molecule has 0 aliphatic heterocycles. The van der Waals surface area contributed by atoms with Crippen molar-refractivity contribution in [3.8, 4) is 0 Å². The lowest BCUT2D eigenvalue weighted by atomic mass is 10.1. The number of aromatic nitrogens is 1. The predicted octanol–water partition coefficient (Wildman–Crippen LogP) is 5.01. The highest BCUT2D eigenvalue weighted by Crippen LogP contribution is 2.28. The Morgan fingerprint density at radius 3 is 2.57 bits per heavy atom. The van der Waals surface area contributed by atoms with Crippen molar-refractivity contribution in [2.45, 2.75) is 13.8 Å². The van der Waals surface area contributed by atoms with Gasteiger partial charge in [-0.05, 0) is 55.3 Å². The van der Waals surface area contributed by atoms with Gasteiger partial charge in [0.25, 0.3) is 11.8 Å². The molecule has 4 aromatic rings. The number of fused-ring (bicyclic) bond motifs is 1. The summed E-state index contributed by atoms with van der Waals surface area (Å²) >= 11 is 1.43.